The van der Waals surface area contributed by atoms with Crippen LogP contribution in [0.1, 0.15) is 25.7 Å². The van der Waals surface area contributed by atoms with Crippen molar-refractivity contribution in [3.63, 3.8) is 0 Å². The molecule has 0 aromatic rings. The predicted octanol–water partition coefficient (Wildman–Crippen LogP) is 0.613. The van der Waals surface area contributed by atoms with Gasteiger partial charge in [0.15, 0.2) is 0 Å². The van der Waals surface area contributed by atoms with Gasteiger partial charge in [-0.05, 0) is 25.3 Å². The zero-order chi connectivity index (χ0) is 18.0. The fourth-order valence-corrected chi connectivity index (χ4v) is 5.19. The Bertz CT molecular complexity index is 539. The van der Waals surface area contributed by atoms with Crippen LogP contribution < -0.4 is 5.32 Å². The van der Waals surface area contributed by atoms with Gasteiger partial charge in [0.1, 0.15) is 0 Å². The van der Waals surface area contributed by atoms with Crippen LogP contribution in [0, 0.1) is 11.3 Å². The van der Waals surface area contributed by atoms with Crippen LogP contribution in [0.2, 0.25) is 0 Å². The average molecular weight is 437 g/mol. The summed E-state index contributed by atoms with van der Waals surface area (Å²) >= 11 is 0. The van der Waals surface area contributed by atoms with Crippen LogP contribution in [0.25, 0.3) is 0 Å². The molecule has 0 aromatic carbocycles. The predicted molar refractivity (Wildman–Crippen MR) is 112 cm³/mol. The fraction of sp³-hybridized carbons (Fsp3) is 0.895. The Morgan fingerprint density at radius 1 is 0.964 bits per heavy atom. The topological polar surface area (TPSA) is 65.1 Å². The number of hydrogen-bond acceptors (Lipinski definition) is 5. The maximum atomic E-state index is 13.3. The first kappa shape index (κ1) is 23.7. The minimum Gasteiger partial charge on any atom is -0.379 e. The van der Waals surface area contributed by atoms with Crippen molar-refractivity contribution in [2.45, 2.75) is 25.7 Å². The summed E-state index contributed by atoms with van der Waals surface area (Å²) in [6.45, 7) is 8.11. The zero-order valence-electron chi connectivity index (χ0n) is 16.6. The monoisotopic (exact) mass is 436 g/mol. The van der Waals surface area contributed by atoms with Gasteiger partial charge in [-0.1, -0.05) is 12.8 Å². The fourth-order valence-electron chi connectivity index (χ4n) is 5.19. The number of morpholine rings is 1. The van der Waals surface area contributed by atoms with Crippen LogP contribution in [0.15, 0.2) is 0 Å². The van der Waals surface area contributed by atoms with Gasteiger partial charge in [-0.3, -0.25) is 14.5 Å². The van der Waals surface area contributed by atoms with E-state index in [9.17, 15) is 9.59 Å². The lowest BCUT2D eigenvalue weighted by Gasteiger charge is -2.43. The van der Waals surface area contributed by atoms with E-state index in [0.29, 0.717) is 57.8 Å². The third kappa shape index (κ3) is 4.75. The number of rotatable bonds is 3. The first-order chi connectivity index (χ1) is 12.7. The zero-order valence-corrected chi connectivity index (χ0v) is 18.2. The second-order valence-corrected chi connectivity index (χ2v) is 8.29. The van der Waals surface area contributed by atoms with Crippen molar-refractivity contribution in [1.82, 2.24) is 20.0 Å². The highest BCUT2D eigenvalue weighted by Crippen LogP contribution is 2.45. The van der Waals surface area contributed by atoms with Gasteiger partial charge >= 0.3 is 0 Å². The van der Waals surface area contributed by atoms with Gasteiger partial charge in [-0.2, -0.15) is 0 Å². The molecule has 4 rings (SSSR count). The number of piperazine rings is 1. The molecule has 9 heteroatoms. The van der Waals surface area contributed by atoms with E-state index in [1.807, 2.05) is 9.80 Å². The third-order valence-electron chi connectivity index (χ3n) is 6.85. The quantitative estimate of drug-likeness (QED) is 0.701. The molecule has 0 aromatic heterocycles. The van der Waals surface area contributed by atoms with E-state index in [2.05, 4.69) is 10.2 Å². The number of halogens is 2. The van der Waals surface area contributed by atoms with E-state index in [0.717, 1.165) is 32.6 Å². The number of nitrogens with zero attached hydrogens (tertiary/aromatic N) is 3. The molecular weight excluding hydrogens is 403 g/mol. The Hall–Kier alpha value is -0.600. The van der Waals surface area contributed by atoms with Gasteiger partial charge in [0.25, 0.3) is 0 Å². The second kappa shape index (κ2) is 10.4. The van der Waals surface area contributed by atoms with E-state index in [1.54, 1.807) is 0 Å². The lowest BCUT2D eigenvalue weighted by atomic mass is 9.67. The summed E-state index contributed by atoms with van der Waals surface area (Å²) in [6.07, 6.45) is 4.63. The molecule has 3 heterocycles. The smallest absolute Gasteiger partial charge is 0.236 e. The van der Waals surface area contributed by atoms with Gasteiger partial charge in [0.05, 0.1) is 25.2 Å². The Balaban J connectivity index is 0.00000140. The van der Waals surface area contributed by atoms with Gasteiger partial charge < -0.3 is 19.9 Å². The van der Waals surface area contributed by atoms with Crippen molar-refractivity contribution in [1.29, 1.82) is 0 Å². The molecule has 2 amide bonds. The number of hydrogen-bond donors (Lipinski definition) is 1. The van der Waals surface area contributed by atoms with Crippen molar-refractivity contribution in [2.24, 2.45) is 11.3 Å². The Morgan fingerprint density at radius 3 is 2.36 bits per heavy atom. The van der Waals surface area contributed by atoms with E-state index >= 15 is 0 Å². The summed E-state index contributed by atoms with van der Waals surface area (Å²) in [4.78, 5) is 32.0. The van der Waals surface area contributed by atoms with Crippen molar-refractivity contribution < 1.29 is 14.3 Å². The minimum absolute atomic E-state index is 0. The SMILES string of the molecule is Cl.Cl.O=C(CN1CCOCC1)N1CCN(C(=O)[C@@]23CCCC[C@H]2CNC3)CC1. The summed E-state index contributed by atoms with van der Waals surface area (Å²) < 4.78 is 5.34. The molecule has 0 bridgehead atoms. The Morgan fingerprint density at radius 2 is 1.64 bits per heavy atom. The van der Waals surface area contributed by atoms with Gasteiger partial charge in [-0.15, -0.1) is 24.8 Å². The molecule has 3 aliphatic heterocycles. The largest absolute Gasteiger partial charge is 0.379 e. The highest BCUT2D eigenvalue weighted by molar-refractivity contribution is 5.86. The number of fused-ring (bicyclic) bond motifs is 1. The maximum Gasteiger partial charge on any atom is 0.236 e. The molecule has 0 spiro atoms. The molecule has 7 nitrogen and oxygen atoms in total. The number of amides is 2. The Labute approximate surface area is 180 Å². The summed E-state index contributed by atoms with van der Waals surface area (Å²) in [5.74, 6) is 1.03. The molecule has 1 aliphatic carbocycles. The highest BCUT2D eigenvalue weighted by atomic mass is 35.5. The van der Waals surface area contributed by atoms with Crippen LogP contribution in [-0.2, 0) is 14.3 Å². The molecule has 0 radical (unpaired) electrons. The van der Waals surface area contributed by atoms with Crippen LogP contribution in [-0.4, -0.2) is 98.6 Å². The van der Waals surface area contributed by atoms with Gasteiger partial charge in [0, 0.05) is 45.8 Å². The lowest BCUT2D eigenvalue weighted by molar-refractivity contribution is -0.150. The minimum atomic E-state index is -0.168. The highest BCUT2D eigenvalue weighted by Gasteiger charge is 2.51. The number of carbonyl (C=O) groups excluding carboxylic acids is 2. The molecular formula is C19H34Cl2N4O3. The first-order valence-electron chi connectivity index (χ1n) is 10.3. The number of ether oxygens (including phenoxy) is 1. The molecule has 4 aliphatic rings. The Kier molecular flexibility index (Phi) is 8.82. The molecule has 28 heavy (non-hydrogen) atoms. The molecule has 4 fully saturated rings. The summed E-state index contributed by atoms with van der Waals surface area (Å²) in [7, 11) is 0. The second-order valence-electron chi connectivity index (χ2n) is 8.29. The lowest BCUT2D eigenvalue weighted by Crippen LogP contribution is -2.57. The van der Waals surface area contributed by atoms with Crippen LogP contribution >= 0.6 is 24.8 Å². The summed E-state index contributed by atoms with van der Waals surface area (Å²) in [5, 5.41) is 3.47. The van der Waals surface area contributed by atoms with Gasteiger partial charge in [-0.25, -0.2) is 0 Å². The maximum absolute atomic E-state index is 13.3. The van der Waals surface area contributed by atoms with E-state index < -0.39 is 0 Å². The van der Waals surface area contributed by atoms with E-state index in [-0.39, 0.29) is 36.1 Å². The molecule has 2 atom stereocenters. The van der Waals surface area contributed by atoms with Crippen molar-refractivity contribution >= 4 is 36.6 Å². The summed E-state index contributed by atoms with van der Waals surface area (Å²) in [5.41, 5.74) is -0.168. The van der Waals surface area contributed by atoms with E-state index in [4.69, 9.17) is 4.74 Å². The standard InChI is InChI=1S/C19H32N4O3.2ClH/c24-17(14-21-9-11-26-12-10-21)22-5-7-23(8-6-22)18(25)19-4-2-1-3-16(19)13-20-15-19;;/h16,20H,1-15H2;2*1H/t16-,19+;;/m0../s1. The van der Waals surface area contributed by atoms with Gasteiger partial charge in [0.2, 0.25) is 11.8 Å². The van der Waals surface area contributed by atoms with Crippen molar-refractivity contribution in [3.05, 3.63) is 0 Å². The summed E-state index contributed by atoms with van der Waals surface area (Å²) in [6, 6.07) is 0. The normalized spacial score (nSPS) is 30.8. The van der Waals surface area contributed by atoms with E-state index in [1.165, 1.54) is 19.3 Å². The van der Waals surface area contributed by atoms with Crippen molar-refractivity contribution in [2.75, 3.05) is 72.1 Å². The first-order valence-corrected chi connectivity index (χ1v) is 10.3. The molecule has 3 saturated heterocycles. The average Bonchev–Trinajstić information content (AvgIpc) is 3.13. The number of carbonyl (C=O) groups is 2. The third-order valence-corrected chi connectivity index (χ3v) is 6.85. The van der Waals surface area contributed by atoms with Crippen LogP contribution in [0.4, 0.5) is 0 Å². The molecule has 162 valence electrons. The molecule has 0 unspecified atom stereocenters. The molecule has 1 saturated carbocycles. The number of nitrogens with one attached hydrogen (secondary N) is 1. The van der Waals surface area contributed by atoms with Crippen molar-refractivity contribution in [3.8, 4) is 0 Å². The van der Waals surface area contributed by atoms with Crippen LogP contribution in [0.3, 0.4) is 0 Å². The molecule has 1 N–H and O–H groups in total. The van der Waals surface area contributed by atoms with Crippen LogP contribution in [0.5, 0.6) is 0 Å².